The van der Waals surface area contributed by atoms with E-state index >= 15 is 0 Å². The van der Waals surface area contributed by atoms with Crippen LogP contribution in [0.3, 0.4) is 0 Å². The van der Waals surface area contributed by atoms with Gasteiger partial charge in [0.2, 0.25) is 0 Å². The minimum absolute atomic E-state index is 0.0521. The van der Waals surface area contributed by atoms with Gasteiger partial charge in [0, 0.05) is 12.6 Å². The number of thiocarbonyl (C=S) groups is 1. The second-order valence-electron chi connectivity index (χ2n) is 5.95. The van der Waals surface area contributed by atoms with Crippen LogP contribution < -0.4 is 9.80 Å². The molecule has 0 radical (unpaired) electrons. The van der Waals surface area contributed by atoms with Gasteiger partial charge < -0.3 is 10.0 Å². The molecule has 2 heterocycles. The number of nitrogens with zero attached hydrogens (tertiary/aromatic N) is 2. The molecule has 2 amide bonds. The molecule has 6 nitrogen and oxygen atoms in total. The highest BCUT2D eigenvalue weighted by molar-refractivity contribution is 8.27. The van der Waals surface area contributed by atoms with Gasteiger partial charge >= 0.3 is 5.97 Å². The molecule has 2 aromatic carbocycles. The van der Waals surface area contributed by atoms with Crippen molar-refractivity contribution in [3.05, 3.63) is 64.6 Å². The Morgan fingerprint density at radius 3 is 2.56 bits per heavy atom. The van der Waals surface area contributed by atoms with E-state index in [4.69, 9.17) is 12.2 Å². The summed E-state index contributed by atoms with van der Waals surface area (Å²) >= 11 is 6.40. The normalized spacial score (nSPS) is 19.1. The smallest absolute Gasteiger partial charge is 0.335 e. The molecule has 0 spiro atoms. The predicted molar refractivity (Wildman–Crippen MR) is 108 cm³/mol. The summed E-state index contributed by atoms with van der Waals surface area (Å²) in [5.74, 6) is -1.79. The minimum Gasteiger partial charge on any atom is -0.478 e. The summed E-state index contributed by atoms with van der Waals surface area (Å²) in [6, 6.07) is 13.2. The number of thioether (sulfide) groups is 1. The molecule has 0 aliphatic carbocycles. The second-order valence-corrected chi connectivity index (χ2v) is 7.59. The molecule has 2 aliphatic heterocycles. The average molecular weight is 396 g/mol. The van der Waals surface area contributed by atoms with Crippen molar-refractivity contribution >= 4 is 63.0 Å². The number of likely N-dealkylation sites (N-methyl/N-ethyl adjacent to an activating group) is 1. The van der Waals surface area contributed by atoms with Crippen molar-refractivity contribution in [3.8, 4) is 0 Å². The van der Waals surface area contributed by atoms with E-state index in [1.54, 1.807) is 25.2 Å². The van der Waals surface area contributed by atoms with Crippen molar-refractivity contribution in [2.24, 2.45) is 0 Å². The Labute approximate surface area is 164 Å². The third-order valence-corrected chi connectivity index (χ3v) is 5.77. The average Bonchev–Trinajstić information content (AvgIpc) is 3.08. The number of carboxylic acids is 1. The lowest BCUT2D eigenvalue weighted by Crippen LogP contribution is -2.28. The summed E-state index contributed by atoms with van der Waals surface area (Å²) < 4.78 is 0.255. The fraction of sp³-hybridized carbons (Fsp3) is 0.0526. The Balaban J connectivity index is 1.83. The first kappa shape index (κ1) is 17.4. The first-order valence-corrected chi connectivity index (χ1v) is 9.14. The Bertz CT molecular complexity index is 1080. The summed E-state index contributed by atoms with van der Waals surface area (Å²) in [7, 11) is 1.66. The summed E-state index contributed by atoms with van der Waals surface area (Å²) in [5.41, 5.74) is 2.15. The Hall–Kier alpha value is -2.97. The van der Waals surface area contributed by atoms with Crippen molar-refractivity contribution in [3.63, 3.8) is 0 Å². The molecule has 8 heteroatoms. The number of fused-ring (bicyclic) bond motifs is 1. The van der Waals surface area contributed by atoms with E-state index in [0.29, 0.717) is 16.8 Å². The molecular formula is C19H12N2O4S2. The number of benzene rings is 2. The Morgan fingerprint density at radius 2 is 1.81 bits per heavy atom. The molecule has 1 fully saturated rings. The number of rotatable bonds is 2. The molecule has 0 atom stereocenters. The maximum absolute atomic E-state index is 13.1. The molecule has 1 saturated heterocycles. The largest absolute Gasteiger partial charge is 0.478 e. The number of aromatic carboxylic acids is 1. The van der Waals surface area contributed by atoms with E-state index in [-0.39, 0.29) is 20.7 Å². The van der Waals surface area contributed by atoms with E-state index < -0.39 is 11.9 Å². The van der Waals surface area contributed by atoms with Crippen molar-refractivity contribution < 1.29 is 19.5 Å². The number of amides is 2. The minimum atomic E-state index is -1.10. The van der Waals surface area contributed by atoms with Crippen LogP contribution in [0.25, 0.3) is 5.57 Å². The van der Waals surface area contributed by atoms with E-state index in [9.17, 15) is 19.5 Å². The van der Waals surface area contributed by atoms with Gasteiger partial charge in [0.1, 0.15) is 0 Å². The van der Waals surface area contributed by atoms with Gasteiger partial charge in [0.05, 0.1) is 27.4 Å². The highest BCUT2D eigenvalue weighted by Crippen LogP contribution is 2.45. The molecule has 4 rings (SSSR count). The zero-order valence-electron chi connectivity index (χ0n) is 14.0. The van der Waals surface area contributed by atoms with Crippen LogP contribution in [0.5, 0.6) is 0 Å². The molecular weight excluding hydrogens is 384 g/mol. The predicted octanol–water partition coefficient (Wildman–Crippen LogP) is 3.14. The first-order chi connectivity index (χ1) is 12.9. The zero-order chi connectivity index (χ0) is 19.3. The lowest BCUT2D eigenvalue weighted by molar-refractivity contribution is -0.115. The number of carbonyl (C=O) groups excluding carboxylic acids is 2. The number of hydrogen-bond acceptors (Lipinski definition) is 5. The number of carboxylic acid groups (broad SMARTS) is 1. The van der Waals surface area contributed by atoms with E-state index in [0.717, 1.165) is 17.4 Å². The summed E-state index contributed by atoms with van der Waals surface area (Å²) in [4.78, 5) is 40.1. The molecule has 2 aliphatic rings. The van der Waals surface area contributed by atoms with Gasteiger partial charge in [0.15, 0.2) is 4.32 Å². The van der Waals surface area contributed by atoms with Crippen LogP contribution in [0.4, 0.5) is 11.4 Å². The molecule has 1 N–H and O–H groups in total. The topological polar surface area (TPSA) is 77.9 Å². The fourth-order valence-corrected chi connectivity index (χ4v) is 4.48. The van der Waals surface area contributed by atoms with Gasteiger partial charge in [-0.15, -0.1) is 0 Å². The molecule has 134 valence electrons. The summed E-state index contributed by atoms with van der Waals surface area (Å²) in [6.45, 7) is 0. The number of hydrogen-bond donors (Lipinski definition) is 1. The highest BCUT2D eigenvalue weighted by Gasteiger charge is 2.41. The Kier molecular flexibility index (Phi) is 4.09. The van der Waals surface area contributed by atoms with Crippen molar-refractivity contribution in [2.45, 2.75) is 0 Å². The molecule has 0 bridgehead atoms. The number of carbonyl (C=O) groups is 3. The third-order valence-electron chi connectivity index (χ3n) is 4.40. The third kappa shape index (κ3) is 2.65. The van der Waals surface area contributed by atoms with E-state index in [2.05, 4.69) is 0 Å². The van der Waals surface area contributed by atoms with Gasteiger partial charge in [-0.05, 0) is 24.3 Å². The van der Waals surface area contributed by atoms with E-state index in [1.807, 2.05) is 18.2 Å². The van der Waals surface area contributed by atoms with Crippen molar-refractivity contribution in [1.82, 2.24) is 0 Å². The first-order valence-electron chi connectivity index (χ1n) is 7.91. The monoisotopic (exact) mass is 396 g/mol. The second kappa shape index (κ2) is 6.33. The number of para-hydroxylation sites is 1. The van der Waals surface area contributed by atoms with Crippen LogP contribution in [0.1, 0.15) is 15.9 Å². The lowest BCUT2D eigenvalue weighted by atomic mass is 10.1. The van der Waals surface area contributed by atoms with Crippen LogP contribution >= 0.6 is 24.0 Å². The standard InChI is InChI=1S/C19H12N2O4S2/c1-20-13-8-3-2-7-12(13)14(16(20)22)15-17(23)21(19(26)27-15)11-6-4-5-10(9-11)18(24)25/h2-9H,1H3,(H,24,25)/b15-14+. The number of anilines is 2. The fourth-order valence-electron chi connectivity index (χ4n) is 3.11. The Morgan fingerprint density at radius 1 is 1.07 bits per heavy atom. The van der Waals surface area contributed by atoms with Crippen molar-refractivity contribution in [1.29, 1.82) is 0 Å². The van der Waals surface area contributed by atoms with Gasteiger partial charge in [-0.1, -0.05) is 48.2 Å². The van der Waals surface area contributed by atoms with Crippen LogP contribution in [-0.4, -0.2) is 34.3 Å². The van der Waals surface area contributed by atoms with Gasteiger partial charge in [-0.3, -0.25) is 14.5 Å². The van der Waals surface area contributed by atoms with Crippen LogP contribution in [0, 0.1) is 0 Å². The molecule has 27 heavy (non-hydrogen) atoms. The maximum Gasteiger partial charge on any atom is 0.335 e. The summed E-state index contributed by atoms with van der Waals surface area (Å²) in [6.07, 6.45) is 0. The zero-order valence-corrected chi connectivity index (χ0v) is 15.6. The van der Waals surface area contributed by atoms with Gasteiger partial charge in [-0.2, -0.15) is 0 Å². The van der Waals surface area contributed by atoms with Crippen LogP contribution in [0.2, 0.25) is 0 Å². The van der Waals surface area contributed by atoms with Crippen LogP contribution in [-0.2, 0) is 9.59 Å². The summed E-state index contributed by atoms with van der Waals surface area (Å²) in [5, 5.41) is 9.18. The van der Waals surface area contributed by atoms with E-state index in [1.165, 1.54) is 21.9 Å². The lowest BCUT2D eigenvalue weighted by Gasteiger charge is -2.15. The SMILES string of the molecule is CN1C(=O)/C(=C2/SC(=S)N(c3cccc(C(=O)O)c3)C2=O)c2ccccc21. The van der Waals surface area contributed by atoms with Crippen LogP contribution in [0.15, 0.2) is 53.4 Å². The van der Waals surface area contributed by atoms with Crippen molar-refractivity contribution in [2.75, 3.05) is 16.8 Å². The maximum atomic E-state index is 13.1. The molecule has 0 saturated carbocycles. The highest BCUT2D eigenvalue weighted by atomic mass is 32.2. The molecule has 0 aromatic heterocycles. The molecule has 0 unspecified atom stereocenters. The van der Waals surface area contributed by atoms with Gasteiger partial charge in [0.25, 0.3) is 11.8 Å². The molecule has 2 aromatic rings. The quantitative estimate of drug-likeness (QED) is 0.621. The van der Waals surface area contributed by atoms with Gasteiger partial charge in [-0.25, -0.2) is 4.79 Å².